The predicted molar refractivity (Wildman–Crippen MR) is 80.2 cm³/mol. The van der Waals surface area contributed by atoms with Crippen LogP contribution in [0.25, 0.3) is 0 Å². The number of benzene rings is 1. The maximum atomic E-state index is 13.9. The van der Waals surface area contributed by atoms with E-state index < -0.39 is 11.7 Å². The van der Waals surface area contributed by atoms with Gasteiger partial charge >= 0.3 is 6.09 Å². The van der Waals surface area contributed by atoms with Crippen LogP contribution in [0, 0.1) is 12.7 Å². The summed E-state index contributed by atoms with van der Waals surface area (Å²) in [5, 5.41) is 2.70. The minimum absolute atomic E-state index is 0.248. The first-order valence-corrected chi connectivity index (χ1v) is 6.95. The number of halogens is 1. The van der Waals surface area contributed by atoms with E-state index in [0.717, 1.165) is 5.56 Å². The molecule has 1 unspecified atom stereocenters. The molecule has 0 radical (unpaired) electrons. The lowest BCUT2D eigenvalue weighted by Gasteiger charge is -2.22. The zero-order chi connectivity index (χ0) is 16.2. The summed E-state index contributed by atoms with van der Waals surface area (Å²) in [6, 6.07) is 2.86. The third-order valence-electron chi connectivity index (χ3n) is 2.85. The number of hydrogen-bond acceptors (Lipinski definition) is 3. The number of alkyl carbamates (subject to hydrolysis) is 1. The number of aryl methyl sites for hydroxylation is 1. The molecular formula is C16H24FNO3. The summed E-state index contributed by atoms with van der Waals surface area (Å²) >= 11 is 0. The summed E-state index contributed by atoms with van der Waals surface area (Å²) in [7, 11) is 1.55. The molecule has 1 aromatic rings. The van der Waals surface area contributed by atoms with E-state index in [1.54, 1.807) is 47.8 Å². The largest absolute Gasteiger partial charge is 0.496 e. The van der Waals surface area contributed by atoms with Crippen LogP contribution in [0.15, 0.2) is 12.1 Å². The molecular weight excluding hydrogens is 272 g/mol. The van der Waals surface area contributed by atoms with Crippen LogP contribution in [-0.2, 0) is 11.2 Å². The van der Waals surface area contributed by atoms with E-state index in [1.165, 1.54) is 6.07 Å². The molecule has 0 spiro atoms. The predicted octanol–water partition coefficient (Wildman–Crippen LogP) is 3.60. The first kappa shape index (κ1) is 17.3. The van der Waals surface area contributed by atoms with E-state index in [-0.39, 0.29) is 11.9 Å². The lowest BCUT2D eigenvalue weighted by molar-refractivity contribution is 0.0508. The molecule has 4 nitrogen and oxygen atoms in total. The van der Waals surface area contributed by atoms with Crippen LogP contribution in [0.2, 0.25) is 0 Å². The maximum Gasteiger partial charge on any atom is 0.407 e. The highest BCUT2D eigenvalue weighted by Crippen LogP contribution is 2.23. The van der Waals surface area contributed by atoms with Gasteiger partial charge in [-0.05, 0) is 64.3 Å². The molecule has 0 aromatic heterocycles. The monoisotopic (exact) mass is 296 g/mol. The van der Waals surface area contributed by atoms with Crippen molar-refractivity contribution in [2.75, 3.05) is 7.11 Å². The number of carbonyl (C=O) groups is 1. The maximum absolute atomic E-state index is 13.9. The van der Waals surface area contributed by atoms with Gasteiger partial charge in [0.1, 0.15) is 17.2 Å². The molecule has 118 valence electrons. The number of hydrogen-bond donors (Lipinski definition) is 1. The van der Waals surface area contributed by atoms with Gasteiger partial charge in [0.05, 0.1) is 7.11 Å². The van der Waals surface area contributed by atoms with E-state index in [1.807, 2.05) is 0 Å². The Kier molecular flexibility index (Phi) is 5.58. The van der Waals surface area contributed by atoms with Gasteiger partial charge in [0.15, 0.2) is 0 Å². The van der Waals surface area contributed by atoms with Gasteiger partial charge < -0.3 is 14.8 Å². The van der Waals surface area contributed by atoms with Crippen LogP contribution in [0.5, 0.6) is 5.75 Å². The van der Waals surface area contributed by atoms with Crippen molar-refractivity contribution in [3.8, 4) is 5.75 Å². The summed E-state index contributed by atoms with van der Waals surface area (Å²) in [5.41, 5.74) is 0.690. The summed E-state index contributed by atoms with van der Waals surface area (Å²) in [4.78, 5) is 11.7. The Morgan fingerprint density at radius 1 is 1.38 bits per heavy atom. The van der Waals surface area contributed by atoms with E-state index in [4.69, 9.17) is 9.47 Å². The van der Waals surface area contributed by atoms with Crippen molar-refractivity contribution in [1.29, 1.82) is 0 Å². The van der Waals surface area contributed by atoms with Crippen LogP contribution in [0.4, 0.5) is 9.18 Å². The number of rotatable bonds is 4. The minimum atomic E-state index is -0.553. The fraction of sp³-hybridized carbons (Fsp3) is 0.562. The van der Waals surface area contributed by atoms with Gasteiger partial charge in [-0.25, -0.2) is 9.18 Å². The molecule has 0 aliphatic carbocycles. The van der Waals surface area contributed by atoms with Crippen molar-refractivity contribution in [1.82, 2.24) is 5.32 Å². The second-order valence-electron chi connectivity index (χ2n) is 6.16. The van der Waals surface area contributed by atoms with Crippen molar-refractivity contribution < 1.29 is 18.7 Å². The first-order chi connectivity index (χ1) is 9.62. The Hall–Kier alpha value is -1.78. The Balaban J connectivity index is 2.71. The number of methoxy groups -OCH3 is 1. The highest BCUT2D eigenvalue weighted by Gasteiger charge is 2.18. The minimum Gasteiger partial charge on any atom is -0.496 e. The summed E-state index contributed by atoms with van der Waals surface area (Å²) in [6.07, 6.45) is -0.142. The fourth-order valence-corrected chi connectivity index (χ4v) is 1.96. The van der Waals surface area contributed by atoms with Gasteiger partial charge in [-0.2, -0.15) is 0 Å². The van der Waals surface area contributed by atoms with Crippen molar-refractivity contribution in [3.63, 3.8) is 0 Å². The highest BCUT2D eigenvalue weighted by molar-refractivity contribution is 5.68. The van der Waals surface area contributed by atoms with E-state index in [9.17, 15) is 9.18 Å². The third-order valence-corrected chi connectivity index (χ3v) is 2.85. The molecule has 21 heavy (non-hydrogen) atoms. The van der Waals surface area contributed by atoms with E-state index >= 15 is 0 Å². The van der Waals surface area contributed by atoms with Crippen LogP contribution >= 0.6 is 0 Å². The van der Waals surface area contributed by atoms with Gasteiger partial charge in [0.25, 0.3) is 0 Å². The molecule has 0 saturated heterocycles. The summed E-state index contributed by atoms with van der Waals surface area (Å²) in [5.74, 6) is 0.335. The summed E-state index contributed by atoms with van der Waals surface area (Å²) < 4.78 is 24.3. The smallest absolute Gasteiger partial charge is 0.407 e. The van der Waals surface area contributed by atoms with Crippen molar-refractivity contribution >= 4 is 6.09 Å². The average Bonchev–Trinajstić information content (AvgIpc) is 2.29. The molecule has 0 heterocycles. The van der Waals surface area contributed by atoms with Gasteiger partial charge in [-0.3, -0.25) is 0 Å². The van der Waals surface area contributed by atoms with Gasteiger partial charge in [0.2, 0.25) is 0 Å². The Morgan fingerprint density at radius 3 is 2.52 bits per heavy atom. The van der Waals surface area contributed by atoms with Gasteiger partial charge in [-0.15, -0.1) is 0 Å². The number of ether oxygens (including phenoxy) is 2. The highest BCUT2D eigenvalue weighted by atomic mass is 18.2. The zero-order valence-electron chi connectivity index (χ0n) is 13.5. The van der Waals surface area contributed by atoms with Gasteiger partial charge in [0, 0.05) is 6.04 Å². The second-order valence-corrected chi connectivity index (χ2v) is 6.16. The quantitative estimate of drug-likeness (QED) is 0.923. The first-order valence-electron chi connectivity index (χ1n) is 6.95. The number of nitrogens with one attached hydrogen (secondary N) is 1. The Bertz CT molecular complexity index is 509. The van der Waals surface area contributed by atoms with Gasteiger partial charge in [-0.1, -0.05) is 0 Å². The molecule has 1 N–H and O–H groups in total. The molecule has 0 fully saturated rings. The lowest BCUT2D eigenvalue weighted by Crippen LogP contribution is -2.38. The second kappa shape index (κ2) is 6.78. The van der Waals surface area contributed by atoms with Crippen LogP contribution in [-0.4, -0.2) is 24.8 Å². The lowest BCUT2D eigenvalue weighted by atomic mass is 10.0. The normalized spacial score (nSPS) is 12.7. The molecule has 1 rings (SSSR count). The molecule has 1 aromatic carbocycles. The number of carbonyl (C=O) groups excluding carboxylic acids is 1. The van der Waals surface area contributed by atoms with E-state index in [0.29, 0.717) is 17.7 Å². The summed E-state index contributed by atoms with van der Waals surface area (Å²) in [6.45, 7) is 8.97. The Labute approximate surface area is 125 Å². The van der Waals surface area contributed by atoms with Crippen molar-refractivity contribution in [3.05, 3.63) is 29.1 Å². The third kappa shape index (κ3) is 5.61. The molecule has 5 heteroatoms. The average molecular weight is 296 g/mol. The van der Waals surface area contributed by atoms with Crippen LogP contribution in [0.3, 0.4) is 0 Å². The van der Waals surface area contributed by atoms with Crippen molar-refractivity contribution in [2.45, 2.75) is 52.7 Å². The van der Waals surface area contributed by atoms with Crippen LogP contribution in [0.1, 0.15) is 38.8 Å². The molecule has 0 aliphatic heterocycles. The molecule has 0 aliphatic rings. The van der Waals surface area contributed by atoms with Crippen LogP contribution < -0.4 is 10.1 Å². The molecule has 1 atom stereocenters. The van der Waals surface area contributed by atoms with E-state index in [2.05, 4.69) is 5.32 Å². The topological polar surface area (TPSA) is 47.6 Å². The zero-order valence-corrected chi connectivity index (χ0v) is 13.5. The fourth-order valence-electron chi connectivity index (χ4n) is 1.96. The molecule has 1 amide bonds. The Morgan fingerprint density at radius 2 is 2.00 bits per heavy atom. The van der Waals surface area contributed by atoms with Crippen molar-refractivity contribution in [2.24, 2.45) is 0 Å². The SMILES string of the molecule is COc1cc(CC(C)NC(=O)OC(C)(C)C)c([18F])cc1C. The standard InChI is InChI=1S/C16H24FNO3/c1-10-7-13(17)12(9-14(10)20-6)8-11(2)18-15(19)21-16(3,4)5/h7,9,11H,8H2,1-6H3,(H,18,19)/i17-1. The molecule has 0 saturated carbocycles. The molecule has 0 bridgehead atoms. The number of amides is 1.